The van der Waals surface area contributed by atoms with Crippen molar-refractivity contribution in [3.8, 4) is 0 Å². The van der Waals surface area contributed by atoms with Crippen molar-refractivity contribution in [2.45, 2.75) is 25.3 Å². The second-order valence-corrected chi connectivity index (χ2v) is 7.04. The van der Waals surface area contributed by atoms with Gasteiger partial charge in [0.2, 0.25) is 5.91 Å². The average Bonchev–Trinajstić information content (AvgIpc) is 2.85. The number of amides is 2. The van der Waals surface area contributed by atoms with E-state index in [1.54, 1.807) is 18.2 Å². The third-order valence-corrected chi connectivity index (χ3v) is 4.82. The lowest BCUT2D eigenvalue weighted by molar-refractivity contribution is -0.129. The number of carbonyl (C=O) groups is 2. The van der Waals surface area contributed by atoms with Crippen molar-refractivity contribution in [3.05, 3.63) is 33.8 Å². The zero-order valence-electron chi connectivity index (χ0n) is 14.0. The lowest BCUT2D eigenvalue weighted by atomic mass is 10.1. The molecular formula is C17H23Cl2N3O2. The number of halogens is 2. The predicted molar refractivity (Wildman–Crippen MR) is 96.7 cm³/mol. The van der Waals surface area contributed by atoms with Gasteiger partial charge in [-0.2, -0.15) is 0 Å². The standard InChI is InChI=1S/C17H23Cl2N3O2/c1-21(2)10-11-22-12(6-7-15(22)23)8-9-20-17(24)16-13(18)4-3-5-14(16)19/h3-5,12H,6-11H2,1-2H3,(H,20,24). The van der Waals surface area contributed by atoms with Crippen LogP contribution in [0.25, 0.3) is 0 Å². The topological polar surface area (TPSA) is 52.6 Å². The number of nitrogens with one attached hydrogen (secondary N) is 1. The SMILES string of the molecule is CN(C)CCN1C(=O)CCC1CCNC(=O)c1c(Cl)cccc1Cl. The van der Waals surface area contributed by atoms with Crippen molar-refractivity contribution in [2.75, 3.05) is 33.7 Å². The summed E-state index contributed by atoms with van der Waals surface area (Å²) in [5.74, 6) is -0.0860. The zero-order valence-corrected chi connectivity index (χ0v) is 15.5. The molecule has 1 fully saturated rings. The molecule has 0 saturated carbocycles. The number of hydrogen-bond donors (Lipinski definition) is 1. The fourth-order valence-corrected chi connectivity index (χ4v) is 3.43. The maximum absolute atomic E-state index is 12.3. The Morgan fingerprint density at radius 2 is 2.00 bits per heavy atom. The molecule has 1 aliphatic rings. The van der Waals surface area contributed by atoms with Gasteiger partial charge < -0.3 is 15.1 Å². The maximum atomic E-state index is 12.3. The number of likely N-dealkylation sites (tertiary alicyclic amines) is 1. The van der Waals surface area contributed by atoms with E-state index in [0.29, 0.717) is 28.6 Å². The minimum Gasteiger partial charge on any atom is -0.352 e. The summed E-state index contributed by atoms with van der Waals surface area (Å²) in [4.78, 5) is 28.2. The monoisotopic (exact) mass is 371 g/mol. The Kier molecular flexibility index (Phi) is 6.90. The van der Waals surface area contributed by atoms with Crippen molar-refractivity contribution < 1.29 is 9.59 Å². The summed E-state index contributed by atoms with van der Waals surface area (Å²) in [6.45, 7) is 2.04. The third kappa shape index (κ3) is 4.85. The van der Waals surface area contributed by atoms with Crippen LogP contribution in [0.2, 0.25) is 10.0 Å². The summed E-state index contributed by atoms with van der Waals surface area (Å²) in [6.07, 6.45) is 2.16. The van der Waals surface area contributed by atoms with E-state index in [4.69, 9.17) is 23.2 Å². The summed E-state index contributed by atoms with van der Waals surface area (Å²) in [5.41, 5.74) is 0.299. The van der Waals surface area contributed by atoms with E-state index in [2.05, 4.69) is 10.2 Å². The molecule has 0 aliphatic carbocycles. The molecule has 0 spiro atoms. The molecule has 1 saturated heterocycles. The Hall–Kier alpha value is -1.30. The Morgan fingerprint density at radius 1 is 1.33 bits per heavy atom. The summed E-state index contributed by atoms with van der Waals surface area (Å²) >= 11 is 12.1. The highest BCUT2D eigenvalue weighted by Crippen LogP contribution is 2.24. The van der Waals surface area contributed by atoms with Gasteiger partial charge in [0.1, 0.15) is 0 Å². The summed E-state index contributed by atoms with van der Waals surface area (Å²) in [6, 6.07) is 5.16. The quantitative estimate of drug-likeness (QED) is 0.801. The van der Waals surface area contributed by atoms with Crippen LogP contribution < -0.4 is 5.32 Å². The number of carbonyl (C=O) groups excluding carboxylic acids is 2. The van der Waals surface area contributed by atoms with Crippen molar-refractivity contribution in [1.82, 2.24) is 15.1 Å². The van der Waals surface area contributed by atoms with Gasteiger partial charge in [-0.1, -0.05) is 29.3 Å². The molecule has 24 heavy (non-hydrogen) atoms. The summed E-state index contributed by atoms with van der Waals surface area (Å²) in [7, 11) is 3.98. The number of nitrogens with zero attached hydrogens (tertiary/aromatic N) is 2. The summed E-state index contributed by atoms with van der Waals surface area (Å²) < 4.78 is 0. The second kappa shape index (κ2) is 8.70. The second-order valence-electron chi connectivity index (χ2n) is 6.22. The van der Waals surface area contributed by atoms with Gasteiger partial charge >= 0.3 is 0 Å². The zero-order chi connectivity index (χ0) is 17.7. The lowest BCUT2D eigenvalue weighted by Crippen LogP contribution is -2.40. The van der Waals surface area contributed by atoms with Crippen LogP contribution in [-0.2, 0) is 4.79 Å². The molecular weight excluding hydrogens is 349 g/mol. The van der Waals surface area contributed by atoms with E-state index in [9.17, 15) is 9.59 Å². The molecule has 1 atom stereocenters. The predicted octanol–water partition coefficient (Wildman–Crippen LogP) is 2.67. The Morgan fingerprint density at radius 3 is 2.62 bits per heavy atom. The molecule has 1 aliphatic heterocycles. The van der Waals surface area contributed by atoms with Crippen LogP contribution in [0.5, 0.6) is 0 Å². The first-order chi connectivity index (χ1) is 11.4. The van der Waals surface area contributed by atoms with Crippen LogP contribution in [0, 0.1) is 0 Å². The van der Waals surface area contributed by atoms with Crippen LogP contribution >= 0.6 is 23.2 Å². The van der Waals surface area contributed by atoms with Gasteiger partial charge in [0.25, 0.3) is 5.91 Å². The molecule has 1 N–H and O–H groups in total. The lowest BCUT2D eigenvalue weighted by Gasteiger charge is -2.26. The van der Waals surface area contributed by atoms with E-state index >= 15 is 0 Å². The number of rotatable bonds is 7. The molecule has 2 rings (SSSR count). The first-order valence-corrected chi connectivity index (χ1v) is 8.82. The fraction of sp³-hybridized carbons (Fsp3) is 0.529. The van der Waals surface area contributed by atoms with E-state index in [1.807, 2.05) is 19.0 Å². The van der Waals surface area contributed by atoms with Crippen molar-refractivity contribution in [3.63, 3.8) is 0 Å². The smallest absolute Gasteiger partial charge is 0.254 e. The van der Waals surface area contributed by atoms with Gasteiger partial charge in [-0.3, -0.25) is 9.59 Å². The Bertz CT molecular complexity index is 587. The van der Waals surface area contributed by atoms with Gasteiger partial charge in [0.15, 0.2) is 0 Å². The van der Waals surface area contributed by atoms with Crippen LogP contribution in [0.15, 0.2) is 18.2 Å². The van der Waals surface area contributed by atoms with Crippen LogP contribution in [0.4, 0.5) is 0 Å². The largest absolute Gasteiger partial charge is 0.352 e. The van der Waals surface area contributed by atoms with Crippen LogP contribution in [-0.4, -0.2) is 61.4 Å². The summed E-state index contributed by atoms with van der Waals surface area (Å²) in [5, 5.41) is 3.52. The minimum absolute atomic E-state index is 0.180. The third-order valence-electron chi connectivity index (χ3n) is 4.19. The maximum Gasteiger partial charge on any atom is 0.254 e. The molecule has 1 aromatic rings. The van der Waals surface area contributed by atoms with Gasteiger partial charge in [0.05, 0.1) is 15.6 Å². The molecule has 5 nitrogen and oxygen atoms in total. The molecule has 0 aromatic heterocycles. The molecule has 1 aromatic carbocycles. The van der Waals surface area contributed by atoms with E-state index < -0.39 is 0 Å². The van der Waals surface area contributed by atoms with E-state index in [0.717, 1.165) is 25.9 Å². The molecule has 7 heteroatoms. The number of benzene rings is 1. The van der Waals surface area contributed by atoms with Crippen molar-refractivity contribution in [1.29, 1.82) is 0 Å². The van der Waals surface area contributed by atoms with Gasteiger partial charge in [-0.05, 0) is 39.1 Å². The first kappa shape index (κ1) is 19.0. The molecule has 2 amide bonds. The van der Waals surface area contributed by atoms with Crippen LogP contribution in [0.1, 0.15) is 29.6 Å². The highest BCUT2D eigenvalue weighted by molar-refractivity contribution is 6.39. The first-order valence-electron chi connectivity index (χ1n) is 8.06. The Balaban J connectivity index is 1.86. The van der Waals surface area contributed by atoms with Gasteiger partial charge in [0, 0.05) is 32.1 Å². The van der Waals surface area contributed by atoms with E-state index in [-0.39, 0.29) is 17.9 Å². The van der Waals surface area contributed by atoms with Gasteiger partial charge in [-0.25, -0.2) is 0 Å². The van der Waals surface area contributed by atoms with Crippen molar-refractivity contribution in [2.24, 2.45) is 0 Å². The molecule has 1 heterocycles. The van der Waals surface area contributed by atoms with E-state index in [1.165, 1.54) is 0 Å². The fourth-order valence-electron chi connectivity index (χ4n) is 2.86. The van der Waals surface area contributed by atoms with Crippen molar-refractivity contribution >= 4 is 35.0 Å². The number of likely N-dealkylation sites (N-methyl/N-ethyl adjacent to an activating group) is 1. The van der Waals surface area contributed by atoms with Gasteiger partial charge in [-0.15, -0.1) is 0 Å². The normalized spacial score (nSPS) is 17.6. The van der Waals surface area contributed by atoms with Crippen LogP contribution in [0.3, 0.4) is 0 Å². The molecule has 1 unspecified atom stereocenters. The minimum atomic E-state index is -0.283. The highest BCUT2D eigenvalue weighted by atomic mass is 35.5. The molecule has 0 bridgehead atoms. The number of hydrogen-bond acceptors (Lipinski definition) is 3. The molecule has 0 radical (unpaired) electrons. The average molecular weight is 372 g/mol. The highest BCUT2D eigenvalue weighted by Gasteiger charge is 2.30. The Labute approximate surface area is 152 Å². The molecule has 132 valence electrons.